The number of hydrogen-bond acceptors (Lipinski definition) is 11. The minimum Gasteiger partial charge on any atom is -0.428 e. The van der Waals surface area contributed by atoms with Crippen LogP contribution in [0.25, 0.3) is 0 Å². The summed E-state index contributed by atoms with van der Waals surface area (Å²) in [5.74, 6) is 0.263. The van der Waals surface area contributed by atoms with Gasteiger partial charge < -0.3 is 28.4 Å². The molecule has 10 fully saturated rings. The number of rotatable bonds is 5. The van der Waals surface area contributed by atoms with E-state index in [1.165, 1.54) is 0 Å². The van der Waals surface area contributed by atoms with Gasteiger partial charge in [0.05, 0.1) is 6.10 Å². The smallest absolute Gasteiger partial charge is 0.428 e. The molecule has 0 N–H and O–H groups in total. The van der Waals surface area contributed by atoms with Crippen molar-refractivity contribution in [3.05, 3.63) is 30.3 Å². The molecular formula is C39H54O11. The van der Waals surface area contributed by atoms with Crippen LogP contribution in [0.5, 0.6) is 5.75 Å². The maximum atomic E-state index is 13.6. The van der Waals surface area contributed by atoms with Crippen LogP contribution in [0.3, 0.4) is 0 Å². The molecule has 8 aliphatic heterocycles. The normalized spacial score (nSPS) is 52.5. The average Bonchev–Trinajstić information content (AvgIpc) is 3.46. The molecular weight excluding hydrogens is 644 g/mol. The highest BCUT2D eigenvalue weighted by Crippen LogP contribution is 2.63. The lowest BCUT2D eigenvalue weighted by Gasteiger charge is -2.62. The highest BCUT2D eigenvalue weighted by Gasteiger charge is 2.72. The minimum atomic E-state index is -0.913. The highest BCUT2D eigenvalue weighted by atomic mass is 17.3. The average molecular weight is 699 g/mol. The second-order valence-electron chi connectivity index (χ2n) is 17.4. The van der Waals surface area contributed by atoms with Crippen LogP contribution in [0.15, 0.2) is 30.3 Å². The SMILES string of the molecule is C[C@H]1[C@@H](C[C@H](OC(=O)Oc2ccccc2)C2O[C@@H]3O[C@]4(C)CC[C@H]5[C@H](C)CC[C@@H]([C@H]2C)[C@@]35OO4)O[C@@H]2O[C@]3(C)CC[C@H]4[C@H](C)CC[C@@H]1[C@@]24OO3. The quantitative estimate of drug-likeness (QED) is 0.174. The summed E-state index contributed by atoms with van der Waals surface area (Å²) in [6, 6.07) is 9.01. The van der Waals surface area contributed by atoms with E-state index in [1.54, 1.807) is 12.1 Å². The van der Waals surface area contributed by atoms with Gasteiger partial charge in [0.1, 0.15) is 18.0 Å². The van der Waals surface area contributed by atoms with Crippen molar-refractivity contribution < 1.29 is 52.8 Å². The van der Waals surface area contributed by atoms with Gasteiger partial charge in [0.25, 0.3) is 0 Å². The Bertz CT molecular complexity index is 1440. The molecule has 17 atom stereocenters. The topological polar surface area (TPSA) is 109 Å². The molecule has 10 aliphatic rings. The Balaban J connectivity index is 1.05. The van der Waals surface area contributed by atoms with Gasteiger partial charge in [0.2, 0.25) is 11.6 Å². The number of ether oxygens (including phenoxy) is 6. The van der Waals surface area contributed by atoms with Gasteiger partial charge in [-0.3, -0.25) is 0 Å². The third-order valence-electron chi connectivity index (χ3n) is 14.5. The second-order valence-corrected chi connectivity index (χ2v) is 17.4. The van der Waals surface area contributed by atoms with Crippen molar-refractivity contribution in [3.8, 4) is 5.75 Å². The Morgan fingerprint density at radius 3 is 1.88 bits per heavy atom. The zero-order chi connectivity index (χ0) is 34.6. The van der Waals surface area contributed by atoms with Crippen LogP contribution < -0.4 is 4.74 Å². The number of carbonyl (C=O) groups excluding carboxylic acids is 1. The Kier molecular flexibility index (Phi) is 8.22. The summed E-state index contributed by atoms with van der Waals surface area (Å²) in [5.41, 5.74) is -1.41. The number of para-hydroxylation sites is 1. The molecule has 11 rings (SSSR count). The molecule has 2 saturated carbocycles. The van der Waals surface area contributed by atoms with Crippen molar-refractivity contribution in [2.24, 2.45) is 47.3 Å². The molecule has 4 bridgehead atoms. The number of fused-ring (bicyclic) bond motifs is 4. The molecule has 1 unspecified atom stereocenters. The van der Waals surface area contributed by atoms with Gasteiger partial charge in [0, 0.05) is 31.1 Å². The summed E-state index contributed by atoms with van der Waals surface area (Å²) < 4.78 is 39.5. The Morgan fingerprint density at radius 2 is 1.28 bits per heavy atom. The molecule has 0 aromatic heterocycles. The fraction of sp³-hybridized carbons (Fsp3) is 0.821. The summed E-state index contributed by atoms with van der Waals surface area (Å²) in [7, 11) is 0. The van der Waals surface area contributed by atoms with Crippen LogP contribution in [0.4, 0.5) is 4.79 Å². The Hall–Kier alpha value is -1.83. The summed E-state index contributed by atoms with van der Waals surface area (Å²) in [5, 5.41) is 0. The molecule has 11 nitrogen and oxygen atoms in total. The van der Waals surface area contributed by atoms with Gasteiger partial charge >= 0.3 is 6.16 Å². The fourth-order valence-corrected chi connectivity index (χ4v) is 11.8. The van der Waals surface area contributed by atoms with Crippen LogP contribution in [0, 0.1) is 47.3 Å². The summed E-state index contributed by atoms with van der Waals surface area (Å²) >= 11 is 0. The zero-order valence-corrected chi connectivity index (χ0v) is 30.2. The van der Waals surface area contributed by atoms with E-state index >= 15 is 0 Å². The van der Waals surface area contributed by atoms with Crippen molar-refractivity contribution >= 4 is 6.16 Å². The van der Waals surface area contributed by atoms with Gasteiger partial charge in [-0.1, -0.05) is 45.9 Å². The molecule has 0 radical (unpaired) electrons. The van der Waals surface area contributed by atoms with E-state index in [1.807, 2.05) is 32.0 Å². The van der Waals surface area contributed by atoms with Gasteiger partial charge in [-0.2, -0.15) is 0 Å². The van der Waals surface area contributed by atoms with Crippen molar-refractivity contribution in [3.63, 3.8) is 0 Å². The van der Waals surface area contributed by atoms with E-state index in [2.05, 4.69) is 27.7 Å². The van der Waals surface area contributed by atoms with E-state index in [0.717, 1.165) is 51.4 Å². The molecule has 0 amide bonds. The first kappa shape index (κ1) is 34.0. The first-order valence-corrected chi connectivity index (χ1v) is 19.3. The molecule has 8 heterocycles. The van der Waals surface area contributed by atoms with Gasteiger partial charge in [-0.15, -0.1) is 0 Å². The predicted molar refractivity (Wildman–Crippen MR) is 176 cm³/mol. The number of hydrogen-bond donors (Lipinski definition) is 0. The highest BCUT2D eigenvalue weighted by molar-refractivity contribution is 5.64. The fourth-order valence-electron chi connectivity index (χ4n) is 11.8. The van der Waals surface area contributed by atoms with Crippen LogP contribution in [-0.2, 0) is 43.2 Å². The van der Waals surface area contributed by atoms with E-state index in [4.69, 9.17) is 48.0 Å². The van der Waals surface area contributed by atoms with Crippen molar-refractivity contribution in [2.75, 3.05) is 0 Å². The standard InChI is InChI=1S/C39H54O11/c1-21-12-14-28-23(3)30(42-33-38(28)26(21)16-18-36(5,45-33)47-49-38)20-31(43-35(40)41-25-10-8-7-9-11-25)32-24(4)29-15-13-22(2)27-17-19-37(6)46-34(44-32)39(27,29)50-48-37/h7-11,21-24,26-34H,12-20H2,1-6H3/t21-,22-,23-,24-,26+,27+,28+,29+,30-,31+,32?,33-,34-,36+,37+,38-,39-/m1/s1. The van der Waals surface area contributed by atoms with E-state index in [-0.39, 0.29) is 41.6 Å². The zero-order valence-electron chi connectivity index (χ0n) is 30.2. The van der Waals surface area contributed by atoms with Crippen LogP contribution in [0.2, 0.25) is 0 Å². The lowest BCUT2D eigenvalue weighted by atomic mass is 9.56. The van der Waals surface area contributed by atoms with Crippen molar-refractivity contribution in [2.45, 2.75) is 153 Å². The monoisotopic (exact) mass is 698 g/mol. The van der Waals surface area contributed by atoms with Crippen LogP contribution in [0.1, 0.15) is 99.3 Å². The maximum Gasteiger partial charge on any atom is 0.514 e. The summed E-state index contributed by atoms with van der Waals surface area (Å²) in [6.45, 7) is 12.9. The lowest BCUT2D eigenvalue weighted by molar-refractivity contribution is -0.573. The molecule has 2 spiro atoms. The van der Waals surface area contributed by atoms with Gasteiger partial charge in [0.15, 0.2) is 23.8 Å². The van der Waals surface area contributed by atoms with Gasteiger partial charge in [-0.25, -0.2) is 24.3 Å². The molecule has 1 aromatic carbocycles. The molecule has 1 aromatic rings. The third kappa shape index (κ3) is 5.08. The summed E-state index contributed by atoms with van der Waals surface area (Å²) in [4.78, 5) is 38.6. The summed E-state index contributed by atoms with van der Waals surface area (Å²) in [6.07, 6.45) is 4.31. The molecule has 50 heavy (non-hydrogen) atoms. The predicted octanol–water partition coefficient (Wildman–Crippen LogP) is 7.46. The molecule has 2 aliphatic carbocycles. The lowest BCUT2D eigenvalue weighted by Crippen LogP contribution is -2.72. The van der Waals surface area contributed by atoms with E-state index in [0.29, 0.717) is 24.0 Å². The molecule has 8 saturated heterocycles. The van der Waals surface area contributed by atoms with Crippen molar-refractivity contribution in [1.29, 1.82) is 0 Å². The molecule has 11 heteroatoms. The minimum absolute atomic E-state index is 0.0450. The first-order valence-electron chi connectivity index (χ1n) is 19.3. The third-order valence-corrected chi connectivity index (χ3v) is 14.5. The largest absolute Gasteiger partial charge is 0.514 e. The number of carbonyl (C=O) groups is 1. The van der Waals surface area contributed by atoms with E-state index < -0.39 is 53.7 Å². The molecule has 276 valence electrons. The Labute approximate surface area is 295 Å². The van der Waals surface area contributed by atoms with Crippen molar-refractivity contribution in [1.82, 2.24) is 0 Å². The van der Waals surface area contributed by atoms with Crippen LogP contribution >= 0.6 is 0 Å². The van der Waals surface area contributed by atoms with E-state index in [9.17, 15) is 4.79 Å². The second kappa shape index (κ2) is 12.1. The first-order chi connectivity index (χ1) is 23.9. The number of benzene rings is 1. The Morgan fingerprint density at radius 1 is 0.720 bits per heavy atom. The maximum absolute atomic E-state index is 13.6. The van der Waals surface area contributed by atoms with Crippen LogP contribution in [-0.4, -0.2) is 59.8 Å². The van der Waals surface area contributed by atoms with Gasteiger partial charge in [-0.05, 0) is 100 Å².